The molecule has 0 saturated carbocycles. The van der Waals surface area contributed by atoms with Crippen molar-refractivity contribution in [3.05, 3.63) is 0 Å². The summed E-state index contributed by atoms with van der Waals surface area (Å²) in [6, 6.07) is 0. The number of hydrogen-bond acceptors (Lipinski definition) is 4. The molecule has 0 aromatic carbocycles. The third kappa shape index (κ3) is 32.1. The van der Waals surface area contributed by atoms with E-state index in [2.05, 4.69) is 12.2 Å². The topological polar surface area (TPSA) is 55.4 Å². The Hall–Kier alpha value is -0.200. The van der Waals surface area contributed by atoms with E-state index in [1.54, 1.807) is 0 Å². The maximum Gasteiger partial charge on any atom is 0.267 e. The highest BCUT2D eigenvalue weighted by atomic mass is 32.2. The van der Waals surface area contributed by atoms with Gasteiger partial charge < -0.3 is 5.32 Å². The van der Waals surface area contributed by atoms with Gasteiger partial charge in [-0.1, -0.05) is 110 Å². The first-order chi connectivity index (χ1) is 15.0. The van der Waals surface area contributed by atoms with Gasteiger partial charge in [-0.3, -0.25) is 8.57 Å². The first-order valence-electron chi connectivity index (χ1n) is 13.1. The summed E-state index contributed by atoms with van der Waals surface area (Å²) < 4.78 is 40.8. The quantitative estimate of drug-likeness (QED) is 0.124. The summed E-state index contributed by atoms with van der Waals surface area (Å²) in [6.45, 7) is 2.39. The van der Waals surface area contributed by atoms with Crippen LogP contribution in [0.5, 0.6) is 0 Å². The van der Waals surface area contributed by atoms with E-state index in [-0.39, 0.29) is 12.4 Å². The van der Waals surface area contributed by atoms with E-state index in [9.17, 15) is 12.8 Å². The Kier molecular flexibility index (Phi) is 29.6. The number of nitrogens with one attached hydrogen (secondary N) is 1. The van der Waals surface area contributed by atoms with Crippen molar-refractivity contribution in [3.8, 4) is 0 Å². The summed E-state index contributed by atoms with van der Waals surface area (Å²) in [5.41, 5.74) is 0. The highest BCUT2D eigenvalue weighted by Gasteiger charge is 2.10. The summed E-state index contributed by atoms with van der Waals surface area (Å²) in [5, 5.41) is 2.75. The van der Waals surface area contributed by atoms with Crippen LogP contribution in [-0.2, 0) is 14.3 Å². The smallest absolute Gasteiger partial charge is 0.267 e. The first kappa shape index (κ1) is 33.0. The van der Waals surface area contributed by atoms with Crippen molar-refractivity contribution < 1.29 is 17.0 Å². The summed E-state index contributed by atoms with van der Waals surface area (Å²) in [7, 11) is 0.420. The second-order valence-electron chi connectivity index (χ2n) is 8.64. The normalized spacial score (nSPS) is 11.4. The lowest BCUT2D eigenvalue weighted by molar-refractivity contribution is 0.305. The third-order valence-electron chi connectivity index (χ3n) is 5.29. The molecular weight excluding hydrogens is 413 g/mol. The van der Waals surface area contributed by atoms with Gasteiger partial charge in [0.1, 0.15) is 0 Å². The molecule has 0 aromatic rings. The molecular formula is C25H54FNO3S. The van der Waals surface area contributed by atoms with E-state index in [1.807, 2.05) is 14.1 Å². The second kappa shape index (κ2) is 27.8. The van der Waals surface area contributed by atoms with Gasteiger partial charge in [0.25, 0.3) is 10.1 Å². The van der Waals surface area contributed by atoms with Gasteiger partial charge in [-0.2, -0.15) is 8.42 Å². The minimum absolute atomic E-state index is 0.160. The molecule has 190 valence electrons. The molecule has 0 fully saturated rings. The first-order valence-corrected chi connectivity index (χ1v) is 14.6. The van der Waals surface area contributed by atoms with Gasteiger partial charge in [0, 0.05) is 0 Å². The number of alkyl halides is 1. The summed E-state index contributed by atoms with van der Waals surface area (Å²) in [6.07, 6.45) is 21.4. The van der Waals surface area contributed by atoms with E-state index < -0.39 is 10.1 Å². The number of hydrogen-bond donors (Lipinski definition) is 1. The van der Waals surface area contributed by atoms with Crippen LogP contribution in [0.3, 0.4) is 0 Å². The van der Waals surface area contributed by atoms with Crippen molar-refractivity contribution >= 4 is 10.1 Å². The van der Waals surface area contributed by atoms with Crippen LogP contribution in [0.1, 0.15) is 129 Å². The Bertz CT molecular complexity index is 419. The monoisotopic (exact) mass is 467 g/mol. The largest absolute Gasteiger partial charge is 0.323 e. The fourth-order valence-corrected chi connectivity index (χ4v) is 4.49. The van der Waals surface area contributed by atoms with Crippen LogP contribution in [-0.4, -0.2) is 41.5 Å². The summed E-state index contributed by atoms with van der Waals surface area (Å²) in [4.78, 5) is 0. The van der Waals surface area contributed by atoms with E-state index in [4.69, 9.17) is 4.18 Å². The Morgan fingerprint density at radius 2 is 0.968 bits per heavy atom. The van der Waals surface area contributed by atoms with Crippen LogP contribution < -0.4 is 5.32 Å². The SMILES string of the molecule is CCCCCCCCCCCOS(=O)(=O)CCCCCCCCCCCCF.CNC. The van der Waals surface area contributed by atoms with Crippen LogP contribution in [0.4, 0.5) is 4.39 Å². The van der Waals surface area contributed by atoms with Gasteiger partial charge in [0.05, 0.1) is 19.0 Å². The molecule has 0 aliphatic heterocycles. The van der Waals surface area contributed by atoms with Gasteiger partial charge in [-0.15, -0.1) is 0 Å². The van der Waals surface area contributed by atoms with Crippen molar-refractivity contribution in [2.75, 3.05) is 33.1 Å². The molecule has 0 heterocycles. The average molecular weight is 468 g/mol. The van der Waals surface area contributed by atoms with Gasteiger partial charge in [0.2, 0.25) is 0 Å². The third-order valence-corrected chi connectivity index (χ3v) is 6.60. The maximum absolute atomic E-state index is 11.9. The Morgan fingerprint density at radius 1 is 0.613 bits per heavy atom. The van der Waals surface area contributed by atoms with Gasteiger partial charge >= 0.3 is 0 Å². The zero-order valence-electron chi connectivity index (χ0n) is 21.1. The molecule has 0 radical (unpaired) electrons. The van der Waals surface area contributed by atoms with E-state index in [0.29, 0.717) is 19.4 Å². The number of halogens is 1. The average Bonchev–Trinajstić information content (AvgIpc) is 2.74. The van der Waals surface area contributed by atoms with Crippen LogP contribution >= 0.6 is 0 Å². The van der Waals surface area contributed by atoms with E-state index >= 15 is 0 Å². The van der Waals surface area contributed by atoms with Crippen LogP contribution in [0.2, 0.25) is 0 Å². The van der Waals surface area contributed by atoms with Gasteiger partial charge in [0.15, 0.2) is 0 Å². The van der Waals surface area contributed by atoms with Gasteiger partial charge in [-0.25, -0.2) is 0 Å². The summed E-state index contributed by atoms with van der Waals surface area (Å²) >= 11 is 0. The number of unbranched alkanes of at least 4 members (excludes halogenated alkanes) is 17. The van der Waals surface area contributed by atoms with Crippen molar-refractivity contribution in [1.29, 1.82) is 0 Å². The molecule has 0 bridgehead atoms. The molecule has 0 unspecified atom stereocenters. The fraction of sp³-hybridized carbons (Fsp3) is 1.00. The van der Waals surface area contributed by atoms with Gasteiger partial charge in [-0.05, 0) is 33.4 Å². The predicted octanol–water partition coefficient (Wildman–Crippen LogP) is 7.57. The molecule has 0 amide bonds. The molecule has 0 rings (SSSR count). The molecule has 0 saturated heterocycles. The summed E-state index contributed by atoms with van der Waals surface area (Å²) in [5.74, 6) is 0.160. The standard InChI is InChI=1S/C23H47FO3S.C2H7N/c1-2-3-4-5-6-10-13-16-19-22-27-28(25,26)23-20-17-14-11-8-7-9-12-15-18-21-24;1-3-2/h2-23H2,1H3;3H,1-2H3. The van der Waals surface area contributed by atoms with Crippen molar-refractivity contribution in [1.82, 2.24) is 5.32 Å². The molecule has 1 N–H and O–H groups in total. The molecule has 0 aliphatic rings. The minimum Gasteiger partial charge on any atom is -0.323 e. The zero-order valence-corrected chi connectivity index (χ0v) is 21.9. The van der Waals surface area contributed by atoms with Crippen molar-refractivity contribution in [2.45, 2.75) is 129 Å². The second-order valence-corrected chi connectivity index (χ2v) is 10.4. The number of rotatable bonds is 23. The van der Waals surface area contributed by atoms with Crippen molar-refractivity contribution in [2.24, 2.45) is 0 Å². The fourth-order valence-electron chi connectivity index (χ4n) is 3.45. The Balaban J connectivity index is 0. The van der Waals surface area contributed by atoms with Crippen LogP contribution in [0.25, 0.3) is 0 Å². The lowest BCUT2D eigenvalue weighted by Gasteiger charge is -2.06. The molecule has 31 heavy (non-hydrogen) atoms. The van der Waals surface area contributed by atoms with E-state index in [0.717, 1.165) is 38.5 Å². The zero-order chi connectivity index (χ0) is 23.5. The Labute approximate surface area is 194 Å². The van der Waals surface area contributed by atoms with E-state index in [1.165, 1.54) is 70.6 Å². The molecule has 0 aromatic heterocycles. The Morgan fingerprint density at radius 3 is 1.39 bits per heavy atom. The molecule has 0 spiro atoms. The maximum atomic E-state index is 11.9. The predicted molar refractivity (Wildman–Crippen MR) is 134 cm³/mol. The lowest BCUT2D eigenvalue weighted by atomic mass is 10.1. The molecule has 4 nitrogen and oxygen atoms in total. The van der Waals surface area contributed by atoms with Crippen molar-refractivity contribution in [3.63, 3.8) is 0 Å². The molecule has 0 atom stereocenters. The van der Waals surface area contributed by atoms with Crippen LogP contribution in [0, 0.1) is 0 Å². The van der Waals surface area contributed by atoms with Crippen LogP contribution in [0.15, 0.2) is 0 Å². The molecule has 6 heteroatoms. The highest BCUT2D eigenvalue weighted by molar-refractivity contribution is 7.86. The highest BCUT2D eigenvalue weighted by Crippen LogP contribution is 2.12. The molecule has 0 aliphatic carbocycles. The lowest BCUT2D eigenvalue weighted by Crippen LogP contribution is -2.11. The minimum atomic E-state index is -3.33.